The minimum Gasteiger partial charge on any atom is -0.506 e. The molecule has 6 nitrogen and oxygen atoms in total. The maximum absolute atomic E-state index is 12.0. The maximum atomic E-state index is 12.0. The topological polar surface area (TPSA) is 99.5 Å². The minimum absolute atomic E-state index is 0.0715. The molecular weight excluding hydrogens is 319 g/mol. The Hall–Kier alpha value is -2.31. The number of carboxylic acid groups (broad SMARTS) is 1. The van der Waals surface area contributed by atoms with Gasteiger partial charge in [0, 0.05) is 0 Å². The zero-order valence-electron chi connectivity index (χ0n) is 10.3. The first-order chi connectivity index (χ1) is 9.88. The number of aromatic nitrogens is 1. The fourth-order valence-electron chi connectivity index (χ4n) is 1.53. The normalized spacial score (nSPS) is 10.2. The molecule has 1 aromatic heterocycles. The molecule has 108 valence electrons. The zero-order chi connectivity index (χ0) is 15.6. The van der Waals surface area contributed by atoms with Gasteiger partial charge in [-0.1, -0.05) is 23.2 Å². The molecule has 2 aromatic rings. The SMILES string of the molecule is O=C(O)c1ccc(O)c(NC(=O)c2nc(Cl)ccc2Cl)c1. The van der Waals surface area contributed by atoms with Crippen LogP contribution in [0.1, 0.15) is 20.8 Å². The number of amides is 1. The average Bonchev–Trinajstić information content (AvgIpc) is 2.43. The third-order valence-electron chi connectivity index (χ3n) is 2.52. The van der Waals surface area contributed by atoms with E-state index in [1.54, 1.807) is 0 Å². The second-order valence-electron chi connectivity index (χ2n) is 3.96. The Morgan fingerprint density at radius 2 is 1.86 bits per heavy atom. The van der Waals surface area contributed by atoms with Crippen LogP contribution in [0.25, 0.3) is 0 Å². The molecule has 1 heterocycles. The number of phenols is 1. The molecule has 0 aliphatic rings. The van der Waals surface area contributed by atoms with E-state index < -0.39 is 11.9 Å². The number of rotatable bonds is 3. The Bertz CT molecular complexity index is 734. The number of pyridine rings is 1. The van der Waals surface area contributed by atoms with E-state index in [1.807, 2.05) is 0 Å². The molecule has 0 saturated carbocycles. The molecule has 2 rings (SSSR count). The number of carboxylic acids is 1. The second-order valence-corrected chi connectivity index (χ2v) is 4.75. The number of hydrogen-bond donors (Lipinski definition) is 3. The summed E-state index contributed by atoms with van der Waals surface area (Å²) >= 11 is 11.5. The van der Waals surface area contributed by atoms with Crippen LogP contribution in [-0.2, 0) is 0 Å². The summed E-state index contributed by atoms with van der Waals surface area (Å²) in [6, 6.07) is 6.31. The quantitative estimate of drug-likeness (QED) is 0.594. The molecule has 0 unspecified atom stereocenters. The van der Waals surface area contributed by atoms with Crippen molar-refractivity contribution < 1.29 is 19.8 Å². The molecule has 8 heteroatoms. The number of aromatic carboxylic acids is 1. The van der Waals surface area contributed by atoms with Crippen LogP contribution in [0.2, 0.25) is 10.2 Å². The van der Waals surface area contributed by atoms with Crippen molar-refractivity contribution in [1.82, 2.24) is 4.98 Å². The largest absolute Gasteiger partial charge is 0.506 e. The number of carbonyl (C=O) groups is 2. The van der Waals surface area contributed by atoms with Gasteiger partial charge in [0.25, 0.3) is 5.91 Å². The Labute approximate surface area is 129 Å². The second kappa shape index (κ2) is 5.99. The van der Waals surface area contributed by atoms with Gasteiger partial charge in [-0.2, -0.15) is 0 Å². The minimum atomic E-state index is -1.19. The monoisotopic (exact) mass is 326 g/mol. The molecule has 1 amide bonds. The highest BCUT2D eigenvalue weighted by atomic mass is 35.5. The number of carbonyl (C=O) groups excluding carboxylic acids is 1. The summed E-state index contributed by atoms with van der Waals surface area (Å²) in [7, 11) is 0. The standard InChI is InChI=1S/C13H8Cl2N2O4/c14-7-2-4-10(15)17-11(7)12(19)16-8-5-6(13(20)21)1-3-9(8)18/h1-5,18H,(H,16,19)(H,20,21). The number of nitrogens with one attached hydrogen (secondary N) is 1. The fourth-order valence-corrected chi connectivity index (χ4v) is 1.87. The van der Waals surface area contributed by atoms with Crippen molar-refractivity contribution in [2.75, 3.05) is 5.32 Å². The highest BCUT2D eigenvalue weighted by Gasteiger charge is 2.16. The molecule has 0 atom stereocenters. The maximum Gasteiger partial charge on any atom is 0.335 e. The first-order valence-corrected chi connectivity index (χ1v) is 6.34. The third-order valence-corrected chi connectivity index (χ3v) is 3.03. The van der Waals surface area contributed by atoms with Crippen LogP contribution in [0.5, 0.6) is 5.75 Å². The van der Waals surface area contributed by atoms with Crippen LogP contribution in [0, 0.1) is 0 Å². The lowest BCUT2D eigenvalue weighted by Crippen LogP contribution is -2.15. The van der Waals surface area contributed by atoms with Crippen LogP contribution >= 0.6 is 23.2 Å². The predicted octanol–water partition coefficient (Wildman–Crippen LogP) is 3.04. The van der Waals surface area contributed by atoms with Crippen molar-refractivity contribution in [1.29, 1.82) is 0 Å². The van der Waals surface area contributed by atoms with E-state index in [2.05, 4.69) is 10.3 Å². The Morgan fingerprint density at radius 3 is 2.52 bits per heavy atom. The van der Waals surface area contributed by atoms with Gasteiger partial charge in [-0.05, 0) is 30.3 Å². The number of halogens is 2. The van der Waals surface area contributed by atoms with Gasteiger partial charge in [0.2, 0.25) is 0 Å². The summed E-state index contributed by atoms with van der Waals surface area (Å²) in [6.45, 7) is 0. The van der Waals surface area contributed by atoms with Gasteiger partial charge in [-0.3, -0.25) is 4.79 Å². The molecule has 1 aromatic carbocycles. The number of nitrogens with zero attached hydrogens (tertiary/aromatic N) is 1. The summed E-state index contributed by atoms with van der Waals surface area (Å²) in [5.41, 5.74) is -0.296. The number of benzene rings is 1. The highest BCUT2D eigenvalue weighted by Crippen LogP contribution is 2.26. The summed E-state index contributed by atoms with van der Waals surface area (Å²) in [5.74, 6) is -2.20. The smallest absolute Gasteiger partial charge is 0.335 e. The lowest BCUT2D eigenvalue weighted by Gasteiger charge is -2.09. The van der Waals surface area contributed by atoms with Gasteiger partial charge in [-0.15, -0.1) is 0 Å². The summed E-state index contributed by atoms with van der Waals surface area (Å²) in [6.07, 6.45) is 0. The van der Waals surface area contributed by atoms with Crippen LogP contribution < -0.4 is 5.32 Å². The average molecular weight is 327 g/mol. The number of anilines is 1. The first-order valence-electron chi connectivity index (χ1n) is 5.58. The Kier molecular flexibility index (Phi) is 4.30. The van der Waals surface area contributed by atoms with E-state index in [0.29, 0.717) is 0 Å². The molecular formula is C13H8Cl2N2O4. The van der Waals surface area contributed by atoms with Gasteiger partial charge < -0.3 is 15.5 Å². The van der Waals surface area contributed by atoms with E-state index in [9.17, 15) is 14.7 Å². The van der Waals surface area contributed by atoms with Crippen molar-refractivity contribution in [2.45, 2.75) is 0 Å². The van der Waals surface area contributed by atoms with Crippen molar-refractivity contribution >= 4 is 40.8 Å². The number of aromatic hydroxyl groups is 1. The van der Waals surface area contributed by atoms with E-state index in [-0.39, 0.29) is 32.9 Å². The fraction of sp³-hybridized carbons (Fsp3) is 0. The van der Waals surface area contributed by atoms with Gasteiger partial charge in [0.05, 0.1) is 16.3 Å². The molecule has 0 radical (unpaired) electrons. The Balaban J connectivity index is 2.33. The van der Waals surface area contributed by atoms with E-state index >= 15 is 0 Å². The predicted molar refractivity (Wildman–Crippen MR) is 77.3 cm³/mol. The first kappa shape index (κ1) is 15.1. The lowest BCUT2D eigenvalue weighted by molar-refractivity contribution is 0.0696. The molecule has 21 heavy (non-hydrogen) atoms. The van der Waals surface area contributed by atoms with Crippen molar-refractivity contribution in [3.05, 3.63) is 51.8 Å². The Morgan fingerprint density at radius 1 is 1.14 bits per heavy atom. The van der Waals surface area contributed by atoms with E-state index in [1.165, 1.54) is 18.2 Å². The molecule has 0 spiro atoms. The summed E-state index contributed by atoms with van der Waals surface area (Å²) < 4.78 is 0. The number of hydrogen-bond acceptors (Lipinski definition) is 4. The van der Waals surface area contributed by atoms with Crippen LogP contribution in [0.3, 0.4) is 0 Å². The van der Waals surface area contributed by atoms with E-state index in [4.69, 9.17) is 28.3 Å². The van der Waals surface area contributed by atoms with E-state index in [0.717, 1.165) is 12.1 Å². The summed E-state index contributed by atoms with van der Waals surface area (Å²) in [5, 5.41) is 21.0. The highest BCUT2D eigenvalue weighted by molar-refractivity contribution is 6.35. The van der Waals surface area contributed by atoms with Crippen LogP contribution in [0.15, 0.2) is 30.3 Å². The molecule has 0 aliphatic carbocycles. The van der Waals surface area contributed by atoms with Gasteiger partial charge >= 0.3 is 5.97 Å². The zero-order valence-corrected chi connectivity index (χ0v) is 11.8. The molecule has 3 N–H and O–H groups in total. The molecule has 0 saturated heterocycles. The third kappa shape index (κ3) is 3.42. The lowest BCUT2D eigenvalue weighted by atomic mass is 10.2. The van der Waals surface area contributed by atoms with Gasteiger partial charge in [0.15, 0.2) is 0 Å². The molecule has 0 aliphatic heterocycles. The van der Waals surface area contributed by atoms with Crippen LogP contribution in [-0.4, -0.2) is 27.1 Å². The number of phenolic OH excluding ortho intramolecular Hbond substituents is 1. The molecule has 0 fully saturated rings. The van der Waals surface area contributed by atoms with Crippen molar-refractivity contribution in [3.8, 4) is 5.75 Å². The van der Waals surface area contributed by atoms with Gasteiger partial charge in [0.1, 0.15) is 16.6 Å². The van der Waals surface area contributed by atoms with Gasteiger partial charge in [-0.25, -0.2) is 9.78 Å². The van der Waals surface area contributed by atoms with Crippen molar-refractivity contribution in [3.63, 3.8) is 0 Å². The summed E-state index contributed by atoms with van der Waals surface area (Å²) in [4.78, 5) is 26.7. The van der Waals surface area contributed by atoms with Crippen LogP contribution in [0.4, 0.5) is 5.69 Å². The van der Waals surface area contributed by atoms with Crippen molar-refractivity contribution in [2.24, 2.45) is 0 Å². The molecule has 0 bridgehead atoms.